The van der Waals surface area contributed by atoms with E-state index >= 15 is 0 Å². The average molecular weight is 464 g/mol. The maximum atomic E-state index is 2.83. The average Bonchev–Trinajstić information content (AvgIpc) is 3.07. The van der Waals surface area contributed by atoms with Crippen molar-refractivity contribution in [1.29, 1.82) is 0 Å². The Hall–Kier alpha value is -1.72. The fraction of sp³-hybridized carbons (Fsp3) is 0.280. The van der Waals surface area contributed by atoms with Gasteiger partial charge < -0.3 is 0 Å². The van der Waals surface area contributed by atoms with E-state index in [2.05, 4.69) is 104 Å². The molecule has 4 rings (SSSR count). The van der Waals surface area contributed by atoms with Gasteiger partial charge in [0.05, 0.1) is 0 Å². The van der Waals surface area contributed by atoms with Crippen molar-refractivity contribution < 1.29 is 0 Å². The second-order valence-corrected chi connectivity index (χ2v) is 13.9. The van der Waals surface area contributed by atoms with E-state index in [0.717, 1.165) is 6.54 Å². The Bertz CT molecular complexity index is 904. The van der Waals surface area contributed by atoms with Crippen molar-refractivity contribution >= 4 is 33.2 Å². The molecule has 1 heterocycles. The molecule has 0 saturated heterocycles. The van der Waals surface area contributed by atoms with Gasteiger partial charge in [0, 0.05) is 0 Å². The number of benzene rings is 3. The Kier molecular flexibility index (Phi) is 5.33. The molecule has 0 saturated carbocycles. The van der Waals surface area contributed by atoms with E-state index in [0.29, 0.717) is 11.8 Å². The SMILES string of the molecule is CC(C)c1cccc(C(C)C)c1[N]1Cc2cccc[c]2[Sb]1[c]1ccccc1. The first-order chi connectivity index (χ1) is 13.1. The molecule has 0 aliphatic carbocycles. The zero-order chi connectivity index (χ0) is 19.0. The number of nitrogens with zero attached hydrogens (tertiary/aromatic N) is 1. The van der Waals surface area contributed by atoms with Crippen LogP contribution < -0.4 is 10.1 Å². The molecule has 138 valence electrons. The molecular weight excluding hydrogens is 436 g/mol. The second-order valence-electron chi connectivity index (χ2n) is 7.93. The van der Waals surface area contributed by atoms with E-state index in [4.69, 9.17) is 0 Å². The molecular formula is C25H28NSb. The van der Waals surface area contributed by atoms with Gasteiger partial charge in [0.1, 0.15) is 0 Å². The quantitative estimate of drug-likeness (QED) is 0.488. The standard InChI is InChI=1S/C19H23N.C6H5.Sb/c1-14(2)17-11-8-12-18(15(3)4)19(17)20-13-16-9-6-5-7-10-16;1-2-4-6-5-3-1;/h5-9,11-12,14-15H,13H2,1-4H3;1-5H;/q-1;;+1. The minimum absolute atomic E-state index is 0.528. The van der Waals surface area contributed by atoms with Crippen LogP contribution >= 0.6 is 0 Å². The Morgan fingerprint density at radius 3 is 1.93 bits per heavy atom. The molecule has 3 aromatic rings. The molecule has 0 atom stereocenters. The molecule has 27 heavy (non-hydrogen) atoms. The van der Waals surface area contributed by atoms with Crippen molar-refractivity contribution in [2.45, 2.75) is 46.1 Å². The summed E-state index contributed by atoms with van der Waals surface area (Å²) in [5.74, 6) is 1.06. The van der Waals surface area contributed by atoms with Crippen molar-refractivity contribution in [1.82, 2.24) is 0 Å². The fourth-order valence-electron chi connectivity index (χ4n) is 4.05. The van der Waals surface area contributed by atoms with Crippen molar-refractivity contribution in [2.75, 3.05) is 3.06 Å². The Morgan fingerprint density at radius 2 is 1.30 bits per heavy atom. The van der Waals surface area contributed by atoms with Gasteiger partial charge in [-0.05, 0) is 0 Å². The summed E-state index contributed by atoms with van der Waals surface area (Å²) in [5.41, 5.74) is 6.04. The molecule has 3 aromatic carbocycles. The molecule has 1 aliphatic rings. The summed E-state index contributed by atoms with van der Waals surface area (Å²) in [7, 11) is 0. The molecule has 1 aliphatic heterocycles. The monoisotopic (exact) mass is 463 g/mol. The molecule has 0 aromatic heterocycles. The van der Waals surface area contributed by atoms with Crippen molar-refractivity contribution in [3.63, 3.8) is 0 Å². The van der Waals surface area contributed by atoms with E-state index in [1.54, 1.807) is 7.02 Å². The maximum absolute atomic E-state index is 2.83. The predicted molar refractivity (Wildman–Crippen MR) is 119 cm³/mol. The van der Waals surface area contributed by atoms with Crippen molar-refractivity contribution in [3.8, 4) is 0 Å². The van der Waals surface area contributed by atoms with Crippen LogP contribution in [0.1, 0.15) is 56.2 Å². The van der Waals surface area contributed by atoms with Crippen LogP contribution in [0.25, 0.3) is 0 Å². The zero-order valence-electron chi connectivity index (χ0n) is 16.7. The molecule has 0 fully saturated rings. The van der Waals surface area contributed by atoms with Crippen LogP contribution in [0.4, 0.5) is 5.69 Å². The van der Waals surface area contributed by atoms with E-state index in [-0.39, 0.29) is 0 Å². The topological polar surface area (TPSA) is 3.24 Å². The van der Waals surface area contributed by atoms with Crippen LogP contribution in [0.15, 0.2) is 72.8 Å². The third-order valence-corrected chi connectivity index (χ3v) is 12.5. The first-order valence-electron chi connectivity index (χ1n) is 9.91. The molecule has 0 N–H and O–H groups in total. The predicted octanol–water partition coefficient (Wildman–Crippen LogP) is 5.06. The number of para-hydroxylation sites is 1. The third-order valence-electron chi connectivity index (χ3n) is 5.38. The normalized spacial score (nSPS) is 14.2. The first-order valence-corrected chi connectivity index (χ1v) is 13.6. The summed E-state index contributed by atoms with van der Waals surface area (Å²) in [4.78, 5) is 0. The van der Waals surface area contributed by atoms with E-state index in [9.17, 15) is 0 Å². The first kappa shape index (κ1) is 18.6. The van der Waals surface area contributed by atoms with Crippen LogP contribution in [-0.4, -0.2) is 20.5 Å². The Morgan fingerprint density at radius 1 is 0.704 bits per heavy atom. The van der Waals surface area contributed by atoms with E-state index in [1.165, 1.54) is 22.4 Å². The Labute approximate surface area is 171 Å². The van der Waals surface area contributed by atoms with Gasteiger partial charge in [-0.3, -0.25) is 0 Å². The van der Waals surface area contributed by atoms with Gasteiger partial charge in [-0.25, -0.2) is 0 Å². The Balaban J connectivity index is 1.94. The molecule has 0 amide bonds. The van der Waals surface area contributed by atoms with Gasteiger partial charge in [-0.2, -0.15) is 0 Å². The number of hydrogen-bond acceptors (Lipinski definition) is 1. The molecule has 2 heteroatoms. The van der Waals surface area contributed by atoms with Gasteiger partial charge in [-0.1, -0.05) is 0 Å². The van der Waals surface area contributed by atoms with Crippen LogP contribution in [-0.2, 0) is 6.54 Å². The minimum atomic E-state index is -2.05. The molecule has 0 spiro atoms. The van der Waals surface area contributed by atoms with Gasteiger partial charge in [0.2, 0.25) is 0 Å². The van der Waals surface area contributed by atoms with Crippen LogP contribution in [0.2, 0.25) is 0 Å². The van der Waals surface area contributed by atoms with Crippen molar-refractivity contribution in [2.24, 2.45) is 0 Å². The summed E-state index contributed by atoms with van der Waals surface area (Å²) in [5, 5.41) is 0. The van der Waals surface area contributed by atoms with E-state index in [1.807, 2.05) is 0 Å². The number of hydrogen-bond donors (Lipinski definition) is 0. The zero-order valence-corrected chi connectivity index (χ0v) is 19.2. The summed E-state index contributed by atoms with van der Waals surface area (Å²) in [6.07, 6.45) is 0. The second kappa shape index (κ2) is 7.72. The summed E-state index contributed by atoms with van der Waals surface area (Å²) in [6, 6.07) is 27.3. The molecule has 0 unspecified atom stereocenters. The molecule has 0 bridgehead atoms. The molecule has 0 radical (unpaired) electrons. The van der Waals surface area contributed by atoms with Gasteiger partial charge >= 0.3 is 172 Å². The number of anilines is 1. The van der Waals surface area contributed by atoms with Gasteiger partial charge in [-0.15, -0.1) is 0 Å². The van der Waals surface area contributed by atoms with Gasteiger partial charge in [0.15, 0.2) is 0 Å². The summed E-state index contributed by atoms with van der Waals surface area (Å²) < 4.78 is 6.01. The fourth-order valence-corrected chi connectivity index (χ4v) is 11.6. The van der Waals surface area contributed by atoms with Crippen LogP contribution in [0.5, 0.6) is 0 Å². The summed E-state index contributed by atoms with van der Waals surface area (Å²) >= 11 is -2.05. The number of fused-ring (bicyclic) bond motifs is 1. The number of rotatable bonds is 4. The summed E-state index contributed by atoms with van der Waals surface area (Å²) in [6.45, 7) is 10.4. The molecule has 1 nitrogen and oxygen atoms in total. The van der Waals surface area contributed by atoms with Crippen LogP contribution in [0, 0.1) is 0 Å². The van der Waals surface area contributed by atoms with Gasteiger partial charge in [0.25, 0.3) is 0 Å². The third kappa shape index (κ3) is 3.43. The van der Waals surface area contributed by atoms with Crippen LogP contribution in [0.3, 0.4) is 0 Å². The van der Waals surface area contributed by atoms with Crippen molar-refractivity contribution in [3.05, 3.63) is 89.5 Å². The van der Waals surface area contributed by atoms with E-state index < -0.39 is 20.5 Å².